The summed E-state index contributed by atoms with van der Waals surface area (Å²) < 4.78 is 13.4. The molecule has 0 saturated carbocycles. The fourth-order valence-electron chi connectivity index (χ4n) is 1.71. The molecule has 0 bridgehead atoms. The molecule has 0 heterocycles. The molecule has 0 N–H and O–H groups in total. The van der Waals surface area contributed by atoms with E-state index < -0.39 is 0 Å². The van der Waals surface area contributed by atoms with Crippen LogP contribution in [-0.2, 0) is 0 Å². The van der Waals surface area contributed by atoms with Gasteiger partial charge in [0.2, 0.25) is 0 Å². The Bertz CT molecular complexity index is 578. The largest absolute Gasteiger partial charge is 0.298 e. The van der Waals surface area contributed by atoms with Crippen LogP contribution in [0.25, 0.3) is 11.1 Å². The highest BCUT2D eigenvalue weighted by Crippen LogP contribution is 2.28. The molecular formula is C14H10ClFO. The number of hydrogen-bond donors (Lipinski definition) is 0. The summed E-state index contributed by atoms with van der Waals surface area (Å²) in [6.45, 7) is 1.71. The number of carbonyl (C=O) groups is 1. The van der Waals surface area contributed by atoms with Gasteiger partial charge in [-0.1, -0.05) is 29.8 Å². The molecule has 3 heteroatoms. The number of hydrogen-bond acceptors (Lipinski definition) is 1. The number of carbonyl (C=O) groups excluding carboxylic acids is 1. The zero-order valence-corrected chi connectivity index (χ0v) is 9.96. The minimum atomic E-state index is -0.252. The van der Waals surface area contributed by atoms with Crippen molar-refractivity contribution < 1.29 is 9.18 Å². The summed E-state index contributed by atoms with van der Waals surface area (Å²) in [6, 6.07) is 9.96. The average molecular weight is 249 g/mol. The highest BCUT2D eigenvalue weighted by molar-refractivity contribution is 6.33. The predicted molar refractivity (Wildman–Crippen MR) is 67.0 cm³/mol. The molecule has 2 aromatic rings. The second-order valence-corrected chi connectivity index (χ2v) is 4.17. The second kappa shape index (κ2) is 4.68. The van der Waals surface area contributed by atoms with Crippen molar-refractivity contribution in [3.05, 3.63) is 58.4 Å². The topological polar surface area (TPSA) is 17.1 Å². The predicted octanol–water partition coefficient (Wildman–Crippen LogP) is 4.27. The normalized spacial score (nSPS) is 10.3. The molecule has 0 fully saturated rings. The summed E-state index contributed by atoms with van der Waals surface area (Å²) in [5.74, 6) is -0.252. The van der Waals surface area contributed by atoms with E-state index >= 15 is 0 Å². The van der Waals surface area contributed by atoms with Crippen LogP contribution in [0.15, 0.2) is 36.4 Å². The van der Waals surface area contributed by atoms with Crippen molar-refractivity contribution in [2.24, 2.45) is 0 Å². The van der Waals surface area contributed by atoms with Gasteiger partial charge in [-0.3, -0.25) is 4.79 Å². The van der Waals surface area contributed by atoms with Gasteiger partial charge in [0, 0.05) is 5.56 Å². The standard InChI is InChI=1S/C14H10ClFO/c1-9-12(3-2-4-14(9)16)10-5-6-11(8-17)13(15)7-10/h2-8H,1H3. The van der Waals surface area contributed by atoms with Crippen molar-refractivity contribution in [2.45, 2.75) is 6.92 Å². The van der Waals surface area contributed by atoms with Crippen LogP contribution in [0.2, 0.25) is 5.02 Å². The lowest BCUT2D eigenvalue weighted by Crippen LogP contribution is -1.89. The first-order valence-electron chi connectivity index (χ1n) is 5.13. The smallest absolute Gasteiger partial charge is 0.151 e. The van der Waals surface area contributed by atoms with Crippen molar-refractivity contribution in [1.29, 1.82) is 0 Å². The van der Waals surface area contributed by atoms with E-state index in [0.29, 0.717) is 22.4 Å². The maximum Gasteiger partial charge on any atom is 0.151 e. The zero-order valence-electron chi connectivity index (χ0n) is 9.21. The maximum atomic E-state index is 13.4. The van der Waals surface area contributed by atoms with Gasteiger partial charge in [0.05, 0.1) is 5.02 Å². The second-order valence-electron chi connectivity index (χ2n) is 3.77. The molecule has 0 saturated heterocycles. The molecule has 0 unspecified atom stereocenters. The number of halogens is 2. The summed E-state index contributed by atoms with van der Waals surface area (Å²) in [6.07, 6.45) is 0.699. The van der Waals surface area contributed by atoms with E-state index in [0.717, 1.165) is 11.1 Å². The summed E-state index contributed by atoms with van der Waals surface area (Å²) in [4.78, 5) is 10.7. The van der Waals surface area contributed by atoms with Crippen molar-refractivity contribution >= 4 is 17.9 Å². The van der Waals surface area contributed by atoms with Crippen LogP contribution in [0.5, 0.6) is 0 Å². The van der Waals surface area contributed by atoms with E-state index in [4.69, 9.17) is 11.6 Å². The minimum Gasteiger partial charge on any atom is -0.298 e. The Morgan fingerprint density at radius 3 is 2.65 bits per heavy atom. The monoisotopic (exact) mass is 248 g/mol. The average Bonchev–Trinajstić information content (AvgIpc) is 2.32. The first-order valence-corrected chi connectivity index (χ1v) is 5.51. The SMILES string of the molecule is Cc1c(F)cccc1-c1ccc(C=O)c(Cl)c1. The Hall–Kier alpha value is -1.67. The molecule has 0 atom stereocenters. The van der Waals surface area contributed by atoms with Crippen LogP contribution in [0, 0.1) is 12.7 Å². The van der Waals surface area contributed by atoms with Crippen LogP contribution >= 0.6 is 11.6 Å². The van der Waals surface area contributed by atoms with Crippen LogP contribution in [0.3, 0.4) is 0 Å². The number of rotatable bonds is 2. The first kappa shape index (κ1) is 11.8. The fraction of sp³-hybridized carbons (Fsp3) is 0.0714. The molecule has 1 nitrogen and oxygen atoms in total. The Balaban J connectivity index is 2.57. The van der Waals surface area contributed by atoms with E-state index in [2.05, 4.69) is 0 Å². The summed E-state index contributed by atoms with van der Waals surface area (Å²) >= 11 is 5.95. The lowest BCUT2D eigenvalue weighted by molar-refractivity contribution is 0.112. The highest BCUT2D eigenvalue weighted by Gasteiger charge is 2.07. The van der Waals surface area contributed by atoms with Gasteiger partial charge in [0.15, 0.2) is 6.29 Å². The summed E-state index contributed by atoms with van der Waals surface area (Å²) in [5.41, 5.74) is 2.59. The molecule has 2 aromatic carbocycles. The molecule has 17 heavy (non-hydrogen) atoms. The summed E-state index contributed by atoms with van der Waals surface area (Å²) in [7, 11) is 0. The van der Waals surface area contributed by atoms with Crippen molar-refractivity contribution in [1.82, 2.24) is 0 Å². The van der Waals surface area contributed by atoms with Crippen molar-refractivity contribution in [3.8, 4) is 11.1 Å². The van der Waals surface area contributed by atoms with Crippen molar-refractivity contribution in [2.75, 3.05) is 0 Å². The summed E-state index contributed by atoms with van der Waals surface area (Å²) in [5, 5.41) is 0.376. The van der Waals surface area contributed by atoms with E-state index in [-0.39, 0.29) is 5.82 Å². The van der Waals surface area contributed by atoms with Gasteiger partial charge in [-0.2, -0.15) is 0 Å². The first-order chi connectivity index (χ1) is 8.13. The lowest BCUT2D eigenvalue weighted by Gasteiger charge is -2.08. The zero-order chi connectivity index (χ0) is 12.4. The molecule has 0 amide bonds. The van der Waals surface area contributed by atoms with Crippen LogP contribution in [-0.4, -0.2) is 6.29 Å². The Labute approximate surface area is 104 Å². The van der Waals surface area contributed by atoms with E-state index in [1.807, 2.05) is 6.07 Å². The molecule has 0 aromatic heterocycles. The minimum absolute atomic E-state index is 0.252. The number of aldehydes is 1. The van der Waals surface area contributed by atoms with Crippen LogP contribution < -0.4 is 0 Å². The Kier molecular flexibility index (Phi) is 3.25. The van der Waals surface area contributed by atoms with Gasteiger partial charge in [-0.05, 0) is 41.8 Å². The van der Waals surface area contributed by atoms with Crippen LogP contribution in [0.4, 0.5) is 4.39 Å². The van der Waals surface area contributed by atoms with Crippen molar-refractivity contribution in [3.63, 3.8) is 0 Å². The molecular weight excluding hydrogens is 239 g/mol. The van der Waals surface area contributed by atoms with E-state index in [9.17, 15) is 9.18 Å². The molecule has 0 aliphatic rings. The molecule has 0 spiro atoms. The van der Waals surface area contributed by atoms with Gasteiger partial charge >= 0.3 is 0 Å². The molecule has 86 valence electrons. The quantitative estimate of drug-likeness (QED) is 0.726. The molecule has 0 aliphatic carbocycles. The third kappa shape index (κ3) is 2.22. The Morgan fingerprint density at radius 2 is 2.00 bits per heavy atom. The van der Waals surface area contributed by atoms with Gasteiger partial charge in [0.1, 0.15) is 5.82 Å². The van der Waals surface area contributed by atoms with Crippen LogP contribution in [0.1, 0.15) is 15.9 Å². The Morgan fingerprint density at radius 1 is 1.24 bits per heavy atom. The fourth-order valence-corrected chi connectivity index (χ4v) is 1.94. The van der Waals surface area contributed by atoms with Gasteiger partial charge in [0.25, 0.3) is 0 Å². The molecule has 0 radical (unpaired) electrons. The van der Waals surface area contributed by atoms with E-state index in [1.165, 1.54) is 6.07 Å². The van der Waals surface area contributed by atoms with Gasteiger partial charge < -0.3 is 0 Å². The molecule has 0 aliphatic heterocycles. The van der Waals surface area contributed by atoms with E-state index in [1.54, 1.807) is 31.2 Å². The molecule has 2 rings (SSSR count). The van der Waals surface area contributed by atoms with Gasteiger partial charge in [-0.25, -0.2) is 4.39 Å². The lowest BCUT2D eigenvalue weighted by atomic mass is 9.99. The van der Waals surface area contributed by atoms with Gasteiger partial charge in [-0.15, -0.1) is 0 Å². The third-order valence-corrected chi connectivity index (χ3v) is 3.03. The highest BCUT2D eigenvalue weighted by atomic mass is 35.5. The third-order valence-electron chi connectivity index (χ3n) is 2.71. The maximum absolute atomic E-state index is 13.4. The number of benzene rings is 2.